The molecule has 0 bridgehead atoms. The summed E-state index contributed by atoms with van der Waals surface area (Å²) in [6.45, 7) is 2.25. The highest BCUT2D eigenvalue weighted by Crippen LogP contribution is 2.16. The van der Waals surface area contributed by atoms with E-state index in [1.54, 1.807) is 40.5 Å². The monoisotopic (exact) mass is 392 g/mol. The van der Waals surface area contributed by atoms with Crippen LogP contribution < -0.4 is 4.74 Å². The van der Waals surface area contributed by atoms with Crippen LogP contribution in [0.15, 0.2) is 41.8 Å². The second-order valence-electron chi connectivity index (χ2n) is 6.08. The van der Waals surface area contributed by atoms with Gasteiger partial charge in [0.2, 0.25) is 5.91 Å². The Labute approximate surface area is 162 Å². The summed E-state index contributed by atoms with van der Waals surface area (Å²) >= 11 is 7.50. The third-order valence-electron chi connectivity index (χ3n) is 4.33. The molecule has 1 fully saturated rings. The maximum Gasteiger partial charge on any atom is 0.260 e. The molecule has 2 heterocycles. The lowest BCUT2D eigenvalue weighted by atomic mass is 10.2. The fourth-order valence-corrected chi connectivity index (χ4v) is 3.65. The number of carbonyl (C=O) groups is 2. The second kappa shape index (κ2) is 9.05. The van der Waals surface area contributed by atoms with Gasteiger partial charge < -0.3 is 14.5 Å². The Balaban J connectivity index is 1.39. The van der Waals surface area contributed by atoms with E-state index < -0.39 is 0 Å². The molecule has 26 heavy (non-hydrogen) atoms. The summed E-state index contributed by atoms with van der Waals surface area (Å²) in [5.41, 5.74) is 0. The van der Waals surface area contributed by atoms with Gasteiger partial charge >= 0.3 is 0 Å². The number of ether oxygens (including phenoxy) is 1. The van der Waals surface area contributed by atoms with E-state index in [-0.39, 0.29) is 18.4 Å². The van der Waals surface area contributed by atoms with Crippen LogP contribution in [0.5, 0.6) is 5.75 Å². The smallest absolute Gasteiger partial charge is 0.260 e. The number of hydrogen-bond acceptors (Lipinski definition) is 4. The van der Waals surface area contributed by atoms with Crippen LogP contribution in [0.3, 0.4) is 0 Å². The Hall–Kier alpha value is -2.05. The standard InChI is InChI=1S/C19H21ClN2O3S/c20-15-3-5-16(6-4-15)25-14-19(24)22-11-9-21(10-12-22)18(23)8-7-17-2-1-13-26-17/h1-6,13H,7-12,14H2. The van der Waals surface area contributed by atoms with E-state index in [0.29, 0.717) is 43.4 Å². The number of aryl methyl sites for hydroxylation is 1. The number of halogens is 1. The Morgan fingerprint density at radius 2 is 1.65 bits per heavy atom. The van der Waals surface area contributed by atoms with Gasteiger partial charge in [0.15, 0.2) is 6.61 Å². The van der Waals surface area contributed by atoms with Crippen molar-refractivity contribution in [1.82, 2.24) is 9.80 Å². The average Bonchev–Trinajstić information content (AvgIpc) is 3.19. The molecule has 5 nitrogen and oxygen atoms in total. The molecule has 7 heteroatoms. The van der Waals surface area contributed by atoms with Crippen molar-refractivity contribution in [3.63, 3.8) is 0 Å². The van der Waals surface area contributed by atoms with Gasteiger partial charge in [-0.25, -0.2) is 0 Å². The van der Waals surface area contributed by atoms with E-state index in [1.807, 2.05) is 16.3 Å². The zero-order chi connectivity index (χ0) is 18.4. The van der Waals surface area contributed by atoms with E-state index in [4.69, 9.17) is 16.3 Å². The van der Waals surface area contributed by atoms with Crippen LogP contribution in [0.4, 0.5) is 0 Å². The molecule has 0 saturated carbocycles. The number of nitrogens with zero attached hydrogens (tertiary/aromatic N) is 2. The van der Waals surface area contributed by atoms with Crippen molar-refractivity contribution in [2.24, 2.45) is 0 Å². The van der Waals surface area contributed by atoms with Gasteiger partial charge in [-0.05, 0) is 42.1 Å². The van der Waals surface area contributed by atoms with Crippen molar-refractivity contribution in [2.45, 2.75) is 12.8 Å². The summed E-state index contributed by atoms with van der Waals surface area (Å²) < 4.78 is 5.50. The van der Waals surface area contributed by atoms with Crippen LogP contribution in [0.2, 0.25) is 5.02 Å². The summed E-state index contributed by atoms with van der Waals surface area (Å²) in [5.74, 6) is 0.707. The van der Waals surface area contributed by atoms with E-state index in [1.165, 1.54) is 4.88 Å². The minimum absolute atomic E-state index is 0.00600. The van der Waals surface area contributed by atoms with Crippen LogP contribution in [0, 0.1) is 0 Å². The lowest BCUT2D eigenvalue weighted by Gasteiger charge is -2.34. The summed E-state index contributed by atoms with van der Waals surface area (Å²) in [4.78, 5) is 29.4. The largest absolute Gasteiger partial charge is 0.484 e. The molecule has 1 aliphatic rings. The lowest BCUT2D eigenvalue weighted by Crippen LogP contribution is -2.51. The van der Waals surface area contributed by atoms with Crippen LogP contribution in [0.1, 0.15) is 11.3 Å². The number of carbonyl (C=O) groups excluding carboxylic acids is 2. The number of benzene rings is 1. The predicted molar refractivity (Wildman–Crippen MR) is 103 cm³/mol. The molecule has 2 aromatic rings. The van der Waals surface area contributed by atoms with Crippen molar-refractivity contribution in [2.75, 3.05) is 32.8 Å². The molecule has 138 valence electrons. The summed E-state index contributed by atoms with van der Waals surface area (Å²) in [7, 11) is 0. The highest BCUT2D eigenvalue weighted by Gasteiger charge is 2.24. The van der Waals surface area contributed by atoms with Gasteiger partial charge in [0.05, 0.1) is 0 Å². The summed E-state index contributed by atoms with van der Waals surface area (Å²) in [6, 6.07) is 11.0. The first kappa shape index (κ1) is 18.7. The molecule has 0 atom stereocenters. The Morgan fingerprint density at radius 3 is 2.27 bits per heavy atom. The maximum atomic E-state index is 12.3. The molecular weight excluding hydrogens is 372 g/mol. The average molecular weight is 393 g/mol. The number of piperazine rings is 1. The first-order valence-electron chi connectivity index (χ1n) is 8.58. The lowest BCUT2D eigenvalue weighted by molar-refractivity contribution is -0.140. The zero-order valence-electron chi connectivity index (χ0n) is 14.4. The van der Waals surface area contributed by atoms with Crippen LogP contribution in [-0.4, -0.2) is 54.4 Å². The number of hydrogen-bond donors (Lipinski definition) is 0. The first-order chi connectivity index (χ1) is 12.6. The van der Waals surface area contributed by atoms with Gasteiger partial charge in [-0.1, -0.05) is 17.7 Å². The summed E-state index contributed by atoms with van der Waals surface area (Å²) in [5, 5.41) is 2.65. The van der Waals surface area contributed by atoms with Gasteiger partial charge in [-0.3, -0.25) is 9.59 Å². The zero-order valence-corrected chi connectivity index (χ0v) is 16.0. The molecular formula is C19H21ClN2O3S. The van der Waals surface area contributed by atoms with Gasteiger partial charge in [0, 0.05) is 42.5 Å². The highest BCUT2D eigenvalue weighted by molar-refractivity contribution is 7.09. The molecule has 0 unspecified atom stereocenters. The Bertz CT molecular complexity index is 726. The molecule has 0 N–H and O–H groups in total. The van der Waals surface area contributed by atoms with Crippen molar-refractivity contribution in [1.29, 1.82) is 0 Å². The third-order valence-corrected chi connectivity index (χ3v) is 5.51. The molecule has 1 aliphatic heterocycles. The first-order valence-corrected chi connectivity index (χ1v) is 9.84. The molecule has 0 radical (unpaired) electrons. The van der Waals surface area contributed by atoms with Gasteiger partial charge in [-0.15, -0.1) is 11.3 Å². The Morgan fingerprint density at radius 1 is 1.00 bits per heavy atom. The molecule has 0 spiro atoms. The van der Waals surface area contributed by atoms with Crippen LogP contribution >= 0.6 is 22.9 Å². The SMILES string of the molecule is O=C(CCc1cccs1)N1CCN(C(=O)COc2ccc(Cl)cc2)CC1. The molecule has 1 aromatic carbocycles. The fourth-order valence-electron chi connectivity index (χ4n) is 2.82. The van der Waals surface area contributed by atoms with E-state index in [2.05, 4.69) is 6.07 Å². The topological polar surface area (TPSA) is 49.9 Å². The maximum absolute atomic E-state index is 12.3. The van der Waals surface area contributed by atoms with E-state index in [9.17, 15) is 9.59 Å². The van der Waals surface area contributed by atoms with E-state index in [0.717, 1.165) is 6.42 Å². The quantitative estimate of drug-likeness (QED) is 0.759. The fraction of sp³-hybridized carbons (Fsp3) is 0.368. The molecule has 1 saturated heterocycles. The predicted octanol–water partition coefficient (Wildman–Crippen LogP) is 3.08. The highest BCUT2D eigenvalue weighted by atomic mass is 35.5. The Kier molecular flexibility index (Phi) is 6.52. The van der Waals surface area contributed by atoms with Crippen LogP contribution in [-0.2, 0) is 16.0 Å². The second-order valence-corrected chi connectivity index (χ2v) is 7.55. The molecule has 1 aromatic heterocycles. The van der Waals surface area contributed by atoms with Crippen molar-refractivity contribution >= 4 is 34.8 Å². The third kappa shape index (κ3) is 5.22. The summed E-state index contributed by atoms with van der Waals surface area (Å²) in [6.07, 6.45) is 1.30. The normalized spacial score (nSPS) is 14.3. The number of rotatable bonds is 6. The van der Waals surface area contributed by atoms with Crippen molar-refractivity contribution in [3.8, 4) is 5.75 Å². The van der Waals surface area contributed by atoms with Crippen molar-refractivity contribution < 1.29 is 14.3 Å². The molecule has 3 rings (SSSR count). The number of amides is 2. The minimum Gasteiger partial charge on any atom is -0.484 e. The number of thiophene rings is 1. The molecule has 2 amide bonds. The van der Waals surface area contributed by atoms with Gasteiger partial charge in [0.1, 0.15) is 5.75 Å². The van der Waals surface area contributed by atoms with Crippen LogP contribution in [0.25, 0.3) is 0 Å². The van der Waals surface area contributed by atoms with Gasteiger partial charge in [-0.2, -0.15) is 0 Å². The molecule has 0 aliphatic carbocycles. The van der Waals surface area contributed by atoms with Crippen molar-refractivity contribution in [3.05, 3.63) is 51.7 Å². The van der Waals surface area contributed by atoms with E-state index >= 15 is 0 Å². The van der Waals surface area contributed by atoms with Gasteiger partial charge in [0.25, 0.3) is 5.91 Å². The minimum atomic E-state index is -0.0642.